The summed E-state index contributed by atoms with van der Waals surface area (Å²) in [4.78, 5) is 10.9. The number of benzene rings is 1. The van der Waals surface area contributed by atoms with Crippen LogP contribution in [0.3, 0.4) is 0 Å². The van der Waals surface area contributed by atoms with Crippen molar-refractivity contribution in [3.8, 4) is 11.5 Å². The van der Waals surface area contributed by atoms with Crippen LogP contribution in [-0.2, 0) is 4.79 Å². The summed E-state index contributed by atoms with van der Waals surface area (Å²) in [6, 6.07) is 5.16. The van der Waals surface area contributed by atoms with Crippen LogP contribution >= 0.6 is 0 Å². The molecule has 1 aromatic carbocycles. The molecule has 1 fully saturated rings. The first kappa shape index (κ1) is 10.0. The van der Waals surface area contributed by atoms with Gasteiger partial charge in [-0.05, 0) is 36.5 Å². The number of rotatable bonds is 4. The van der Waals surface area contributed by atoms with Crippen molar-refractivity contribution in [1.29, 1.82) is 0 Å². The van der Waals surface area contributed by atoms with E-state index in [1.165, 1.54) is 7.11 Å². The van der Waals surface area contributed by atoms with Crippen LogP contribution in [0.5, 0.6) is 11.5 Å². The second kappa shape index (κ2) is 3.93. The van der Waals surface area contributed by atoms with Crippen molar-refractivity contribution in [2.45, 2.75) is 18.8 Å². The first-order chi connectivity index (χ1) is 7.26. The highest BCUT2D eigenvalue weighted by Gasteiger charge is 2.32. The molecule has 1 saturated carbocycles. The maximum atomic E-state index is 10.9. The van der Waals surface area contributed by atoms with Crippen LogP contribution in [0.25, 0.3) is 0 Å². The van der Waals surface area contributed by atoms with Crippen molar-refractivity contribution in [2.75, 3.05) is 7.11 Å². The summed E-state index contributed by atoms with van der Waals surface area (Å²) in [7, 11) is 1.51. The molecule has 3 nitrogen and oxygen atoms in total. The summed E-state index contributed by atoms with van der Waals surface area (Å²) < 4.78 is 4.95. The summed E-state index contributed by atoms with van der Waals surface area (Å²) in [6.07, 6.45) is 3.19. The number of carbonyl (C=O) groups is 1. The molecule has 2 rings (SSSR count). The number of hydrogen-bond acceptors (Lipinski definition) is 3. The SMILES string of the molecule is COc1ccc(C(C=O)C2CC2)cc1O. The molecular weight excluding hydrogens is 192 g/mol. The molecule has 3 heteroatoms. The minimum atomic E-state index is -0.0678. The van der Waals surface area contributed by atoms with E-state index in [0.717, 1.165) is 24.7 Å². The van der Waals surface area contributed by atoms with Crippen LogP contribution in [0, 0.1) is 5.92 Å². The molecule has 1 atom stereocenters. The lowest BCUT2D eigenvalue weighted by atomic mass is 9.95. The Hall–Kier alpha value is -1.51. The van der Waals surface area contributed by atoms with Crippen molar-refractivity contribution in [3.05, 3.63) is 23.8 Å². The molecule has 0 heterocycles. The van der Waals surface area contributed by atoms with E-state index >= 15 is 0 Å². The molecule has 0 spiro atoms. The van der Waals surface area contributed by atoms with Crippen LogP contribution in [0.1, 0.15) is 24.3 Å². The van der Waals surface area contributed by atoms with Gasteiger partial charge in [0.2, 0.25) is 0 Å². The van der Waals surface area contributed by atoms with Gasteiger partial charge in [-0.3, -0.25) is 0 Å². The highest BCUT2D eigenvalue weighted by molar-refractivity contribution is 5.64. The Bertz CT molecular complexity index is 369. The van der Waals surface area contributed by atoms with Crippen molar-refractivity contribution in [3.63, 3.8) is 0 Å². The minimum absolute atomic E-state index is 0.0678. The largest absolute Gasteiger partial charge is 0.504 e. The minimum Gasteiger partial charge on any atom is -0.504 e. The van der Waals surface area contributed by atoms with Gasteiger partial charge < -0.3 is 14.6 Å². The van der Waals surface area contributed by atoms with Crippen molar-refractivity contribution in [1.82, 2.24) is 0 Å². The number of carbonyl (C=O) groups excluding carboxylic acids is 1. The average molecular weight is 206 g/mol. The van der Waals surface area contributed by atoms with Gasteiger partial charge in [-0.25, -0.2) is 0 Å². The van der Waals surface area contributed by atoms with Gasteiger partial charge in [0.25, 0.3) is 0 Å². The van der Waals surface area contributed by atoms with Crippen molar-refractivity contribution >= 4 is 6.29 Å². The van der Waals surface area contributed by atoms with Crippen LogP contribution in [0.15, 0.2) is 18.2 Å². The topological polar surface area (TPSA) is 46.5 Å². The lowest BCUT2D eigenvalue weighted by Crippen LogP contribution is -2.02. The number of ether oxygens (including phenoxy) is 1. The predicted octanol–water partition coefficient (Wildman–Crippen LogP) is 2.09. The van der Waals surface area contributed by atoms with Gasteiger partial charge in [0.1, 0.15) is 6.29 Å². The number of phenols is 1. The average Bonchev–Trinajstić information content (AvgIpc) is 3.03. The Morgan fingerprint density at radius 3 is 2.73 bits per heavy atom. The fourth-order valence-electron chi connectivity index (χ4n) is 1.83. The van der Waals surface area contributed by atoms with Crippen LogP contribution < -0.4 is 4.74 Å². The summed E-state index contributed by atoms with van der Waals surface area (Å²) in [5.74, 6) is 0.943. The van der Waals surface area contributed by atoms with Gasteiger partial charge in [0.15, 0.2) is 11.5 Å². The first-order valence-electron chi connectivity index (χ1n) is 5.08. The Labute approximate surface area is 88.7 Å². The lowest BCUT2D eigenvalue weighted by Gasteiger charge is -2.11. The summed E-state index contributed by atoms with van der Waals surface area (Å²) in [6.45, 7) is 0. The molecule has 0 aromatic heterocycles. The van der Waals surface area contributed by atoms with E-state index in [0.29, 0.717) is 11.7 Å². The van der Waals surface area contributed by atoms with E-state index in [9.17, 15) is 9.90 Å². The van der Waals surface area contributed by atoms with E-state index < -0.39 is 0 Å². The number of hydrogen-bond donors (Lipinski definition) is 1. The van der Waals surface area contributed by atoms with Gasteiger partial charge in [-0.1, -0.05) is 6.07 Å². The molecule has 80 valence electrons. The number of aromatic hydroxyl groups is 1. The van der Waals surface area contributed by atoms with E-state index in [4.69, 9.17) is 4.74 Å². The Balaban J connectivity index is 2.27. The zero-order chi connectivity index (χ0) is 10.8. The maximum absolute atomic E-state index is 10.9. The molecular formula is C12H14O3. The van der Waals surface area contributed by atoms with Crippen LogP contribution in [0.4, 0.5) is 0 Å². The third-order valence-electron chi connectivity index (χ3n) is 2.86. The molecule has 0 aliphatic heterocycles. The highest BCUT2D eigenvalue weighted by Crippen LogP contribution is 2.42. The van der Waals surface area contributed by atoms with Gasteiger partial charge in [-0.2, -0.15) is 0 Å². The molecule has 15 heavy (non-hydrogen) atoms. The molecule has 1 aliphatic rings. The third kappa shape index (κ3) is 1.96. The Morgan fingerprint density at radius 1 is 1.53 bits per heavy atom. The van der Waals surface area contributed by atoms with Crippen molar-refractivity contribution in [2.24, 2.45) is 5.92 Å². The Kier molecular flexibility index (Phi) is 2.62. The molecule has 0 radical (unpaired) electrons. The van der Waals surface area contributed by atoms with E-state index in [-0.39, 0.29) is 11.7 Å². The molecule has 1 N–H and O–H groups in total. The monoisotopic (exact) mass is 206 g/mol. The first-order valence-corrected chi connectivity index (χ1v) is 5.08. The zero-order valence-corrected chi connectivity index (χ0v) is 8.64. The molecule has 0 bridgehead atoms. The fraction of sp³-hybridized carbons (Fsp3) is 0.417. The van der Waals surface area contributed by atoms with Crippen molar-refractivity contribution < 1.29 is 14.6 Å². The number of phenolic OH excluding ortho intramolecular Hbond substituents is 1. The standard InChI is InChI=1S/C12H14O3/c1-15-12-5-4-9(6-11(12)14)10(7-13)8-2-3-8/h4-8,10,14H,2-3H2,1H3. The van der Waals surface area contributed by atoms with Gasteiger partial charge in [0.05, 0.1) is 7.11 Å². The van der Waals surface area contributed by atoms with Gasteiger partial charge >= 0.3 is 0 Å². The van der Waals surface area contributed by atoms with Gasteiger partial charge in [-0.15, -0.1) is 0 Å². The summed E-state index contributed by atoms with van der Waals surface area (Å²) in [5, 5.41) is 9.60. The quantitative estimate of drug-likeness (QED) is 0.767. The molecule has 0 saturated heterocycles. The number of aldehydes is 1. The van der Waals surface area contributed by atoms with E-state index in [2.05, 4.69) is 0 Å². The zero-order valence-electron chi connectivity index (χ0n) is 8.64. The molecule has 1 unspecified atom stereocenters. The Morgan fingerprint density at radius 2 is 2.27 bits per heavy atom. The highest BCUT2D eigenvalue weighted by atomic mass is 16.5. The van der Waals surface area contributed by atoms with Gasteiger partial charge in [0, 0.05) is 5.92 Å². The maximum Gasteiger partial charge on any atom is 0.160 e. The lowest BCUT2D eigenvalue weighted by molar-refractivity contribution is -0.109. The second-order valence-corrected chi connectivity index (χ2v) is 3.93. The summed E-state index contributed by atoms with van der Waals surface area (Å²) in [5.41, 5.74) is 0.880. The van der Waals surface area contributed by atoms with E-state index in [1.54, 1.807) is 12.1 Å². The normalized spacial score (nSPS) is 17.1. The molecule has 1 aliphatic carbocycles. The van der Waals surface area contributed by atoms with E-state index in [1.807, 2.05) is 6.07 Å². The van der Waals surface area contributed by atoms with Crippen LogP contribution in [0.2, 0.25) is 0 Å². The molecule has 0 amide bonds. The molecule has 1 aromatic rings. The third-order valence-corrected chi connectivity index (χ3v) is 2.86. The van der Waals surface area contributed by atoms with Crippen LogP contribution in [-0.4, -0.2) is 18.5 Å². The number of methoxy groups -OCH3 is 1. The smallest absolute Gasteiger partial charge is 0.160 e. The second-order valence-electron chi connectivity index (χ2n) is 3.93. The fourth-order valence-corrected chi connectivity index (χ4v) is 1.83. The predicted molar refractivity (Wildman–Crippen MR) is 56.2 cm³/mol. The summed E-state index contributed by atoms with van der Waals surface area (Å²) >= 11 is 0.